The first-order chi connectivity index (χ1) is 11.4. The Labute approximate surface area is 149 Å². The summed E-state index contributed by atoms with van der Waals surface area (Å²) in [6.45, 7) is 0. The second kappa shape index (κ2) is 8.06. The zero-order chi connectivity index (χ0) is 17.7. The van der Waals surface area contributed by atoms with Crippen LogP contribution in [0.5, 0.6) is 0 Å². The maximum atomic E-state index is 11.9. The molecule has 0 radical (unpaired) electrons. The Morgan fingerprint density at radius 3 is 2.79 bits per heavy atom. The van der Waals surface area contributed by atoms with Crippen LogP contribution in [0.15, 0.2) is 48.5 Å². The molecule has 1 amide bonds. The number of nitrogens with zero attached hydrogens (tertiary/aromatic N) is 4. The molecule has 0 atom stereocenters. The van der Waals surface area contributed by atoms with Gasteiger partial charge in [0.05, 0.1) is 12.0 Å². The third-order valence-corrected chi connectivity index (χ3v) is 4.59. The fourth-order valence-electron chi connectivity index (χ4n) is 1.68. The number of rotatable bonds is 5. The van der Waals surface area contributed by atoms with Gasteiger partial charge in [-0.15, -0.1) is 0 Å². The number of hydrogen-bond donors (Lipinski definition) is 1. The van der Waals surface area contributed by atoms with E-state index in [4.69, 9.17) is 0 Å². The summed E-state index contributed by atoms with van der Waals surface area (Å²) >= 11 is 4.31. The molecule has 0 fully saturated rings. The van der Waals surface area contributed by atoms with E-state index in [1.165, 1.54) is 20.3 Å². The number of carbonyl (C=O) groups is 1. The highest BCUT2D eigenvalue weighted by Gasteiger charge is 2.11. The van der Waals surface area contributed by atoms with E-state index in [0.717, 1.165) is 31.0 Å². The van der Waals surface area contributed by atoms with Gasteiger partial charge in [-0.05, 0) is 6.07 Å². The van der Waals surface area contributed by atoms with Crippen molar-refractivity contribution in [2.24, 2.45) is 19.2 Å². The second-order valence-corrected chi connectivity index (χ2v) is 6.50. The summed E-state index contributed by atoms with van der Waals surface area (Å²) in [6.07, 6.45) is 1.51. The molecule has 0 saturated heterocycles. The van der Waals surface area contributed by atoms with Gasteiger partial charge in [-0.1, -0.05) is 45.9 Å². The number of aromatic nitrogens is 3. The summed E-state index contributed by atoms with van der Waals surface area (Å²) in [5.41, 5.74) is 2.13. The topological polar surface area (TPSA) is 98.3 Å². The van der Waals surface area contributed by atoms with Crippen molar-refractivity contribution in [3.8, 4) is 0 Å². The highest BCUT2D eigenvalue weighted by atomic mass is 79.9. The van der Waals surface area contributed by atoms with Gasteiger partial charge in [0.25, 0.3) is 5.56 Å². The molecule has 0 aliphatic carbocycles. The summed E-state index contributed by atoms with van der Waals surface area (Å²) in [5, 5.41) is 7.79. The van der Waals surface area contributed by atoms with Crippen molar-refractivity contribution < 1.29 is 4.79 Å². The van der Waals surface area contributed by atoms with Crippen molar-refractivity contribution in [3.63, 3.8) is 0 Å². The van der Waals surface area contributed by atoms with Gasteiger partial charge < -0.3 is 0 Å². The Kier molecular flexibility index (Phi) is 6.10. The van der Waals surface area contributed by atoms with E-state index in [1.54, 1.807) is 0 Å². The van der Waals surface area contributed by atoms with E-state index in [1.807, 2.05) is 24.3 Å². The Bertz CT molecular complexity index is 906. The first-order valence-electron chi connectivity index (χ1n) is 6.73. The van der Waals surface area contributed by atoms with E-state index in [-0.39, 0.29) is 16.7 Å². The number of hydrazone groups is 1. The van der Waals surface area contributed by atoms with E-state index in [0.29, 0.717) is 0 Å². The normalized spacial score (nSPS) is 11.0. The minimum Gasteiger partial charge on any atom is -0.272 e. The standard InChI is InChI=1S/C14H14BrN5O3S/c1-19-13(22)12(18-20(2)14(19)23)24-8-11(21)17-16-7-9-5-3-4-6-10(9)15/h3-7H,8H2,1-2H3,(H,17,21)/b16-7-. The molecule has 0 aliphatic heterocycles. The summed E-state index contributed by atoms with van der Waals surface area (Å²) in [5.74, 6) is -0.436. The number of halogens is 1. The minimum absolute atomic E-state index is 0.0479. The van der Waals surface area contributed by atoms with Crippen LogP contribution < -0.4 is 16.7 Å². The molecule has 1 heterocycles. The molecule has 1 aromatic carbocycles. The average Bonchev–Trinajstić information content (AvgIpc) is 2.57. The van der Waals surface area contributed by atoms with E-state index in [9.17, 15) is 14.4 Å². The fourth-order valence-corrected chi connectivity index (χ4v) is 2.84. The van der Waals surface area contributed by atoms with Crippen LogP contribution in [-0.2, 0) is 18.9 Å². The van der Waals surface area contributed by atoms with E-state index >= 15 is 0 Å². The molecule has 0 saturated carbocycles. The number of carbonyl (C=O) groups excluding carboxylic acids is 1. The quantitative estimate of drug-likeness (QED) is 0.438. The van der Waals surface area contributed by atoms with Crippen molar-refractivity contribution in [1.29, 1.82) is 0 Å². The van der Waals surface area contributed by atoms with Gasteiger partial charge in [0.2, 0.25) is 5.91 Å². The summed E-state index contributed by atoms with van der Waals surface area (Å²) in [4.78, 5) is 35.2. The van der Waals surface area contributed by atoms with Crippen molar-refractivity contribution in [1.82, 2.24) is 19.8 Å². The Morgan fingerprint density at radius 2 is 2.08 bits per heavy atom. The Hall–Kier alpha value is -2.20. The van der Waals surface area contributed by atoms with Crippen LogP contribution in [0, 0.1) is 0 Å². The number of amides is 1. The number of thioether (sulfide) groups is 1. The lowest BCUT2D eigenvalue weighted by molar-refractivity contribution is -0.118. The lowest BCUT2D eigenvalue weighted by atomic mass is 10.2. The maximum absolute atomic E-state index is 11.9. The molecule has 0 spiro atoms. The molecule has 1 N–H and O–H groups in total. The molecule has 2 aromatic rings. The summed E-state index contributed by atoms with van der Waals surface area (Å²) in [7, 11) is 2.80. The fraction of sp³-hybridized carbons (Fsp3) is 0.214. The minimum atomic E-state index is -0.535. The molecule has 10 heteroatoms. The molecule has 1 aromatic heterocycles. The summed E-state index contributed by atoms with van der Waals surface area (Å²) in [6, 6.07) is 7.43. The lowest BCUT2D eigenvalue weighted by Crippen LogP contribution is -2.39. The van der Waals surface area contributed by atoms with Crippen molar-refractivity contribution >= 4 is 39.8 Å². The zero-order valence-electron chi connectivity index (χ0n) is 12.9. The highest BCUT2D eigenvalue weighted by molar-refractivity contribution is 9.10. The molecule has 0 aliphatic rings. The first-order valence-corrected chi connectivity index (χ1v) is 8.51. The maximum Gasteiger partial charge on any atom is 0.346 e. The van der Waals surface area contributed by atoms with Crippen LogP contribution in [0.3, 0.4) is 0 Å². The molecule has 0 unspecified atom stereocenters. The van der Waals surface area contributed by atoms with Gasteiger partial charge in [-0.25, -0.2) is 14.9 Å². The predicted molar refractivity (Wildman–Crippen MR) is 95.3 cm³/mol. The SMILES string of the molecule is Cn1nc(SCC(=O)N/N=C\c2ccccc2Br)c(=O)n(C)c1=O. The van der Waals surface area contributed by atoms with Crippen LogP contribution >= 0.6 is 27.7 Å². The number of nitrogens with one attached hydrogen (secondary N) is 1. The molecular weight excluding hydrogens is 398 g/mol. The first kappa shape index (κ1) is 18.1. The molecule has 126 valence electrons. The number of hydrogen-bond acceptors (Lipinski definition) is 6. The van der Waals surface area contributed by atoms with Gasteiger partial charge in [-0.3, -0.25) is 14.2 Å². The Morgan fingerprint density at radius 1 is 1.38 bits per heavy atom. The summed E-state index contributed by atoms with van der Waals surface area (Å²) < 4.78 is 2.85. The van der Waals surface area contributed by atoms with Crippen LogP contribution in [-0.4, -0.2) is 32.2 Å². The highest BCUT2D eigenvalue weighted by Crippen LogP contribution is 2.13. The molecule has 2 rings (SSSR count). The third kappa shape index (κ3) is 4.42. The number of aryl methyl sites for hydroxylation is 1. The zero-order valence-corrected chi connectivity index (χ0v) is 15.3. The van der Waals surface area contributed by atoms with Crippen molar-refractivity contribution in [3.05, 3.63) is 55.1 Å². The molecule has 8 nitrogen and oxygen atoms in total. The predicted octanol–water partition coefficient (Wildman–Crippen LogP) is 0.484. The van der Waals surface area contributed by atoms with Gasteiger partial charge in [-0.2, -0.15) is 10.2 Å². The van der Waals surface area contributed by atoms with Gasteiger partial charge in [0.15, 0.2) is 5.03 Å². The molecular formula is C14H14BrN5O3S. The molecule has 0 bridgehead atoms. The second-order valence-electron chi connectivity index (χ2n) is 4.68. The van der Waals surface area contributed by atoms with Gasteiger partial charge in [0, 0.05) is 24.1 Å². The van der Waals surface area contributed by atoms with E-state index in [2.05, 4.69) is 31.6 Å². The van der Waals surface area contributed by atoms with E-state index < -0.39 is 11.2 Å². The third-order valence-electron chi connectivity index (χ3n) is 2.93. The van der Waals surface area contributed by atoms with Gasteiger partial charge >= 0.3 is 5.69 Å². The van der Waals surface area contributed by atoms with Crippen molar-refractivity contribution in [2.45, 2.75) is 5.03 Å². The molecule has 24 heavy (non-hydrogen) atoms. The van der Waals surface area contributed by atoms with Crippen LogP contribution in [0.1, 0.15) is 5.56 Å². The van der Waals surface area contributed by atoms with Gasteiger partial charge in [0.1, 0.15) is 0 Å². The Balaban J connectivity index is 1.96. The average molecular weight is 412 g/mol. The van der Waals surface area contributed by atoms with Crippen LogP contribution in [0.2, 0.25) is 0 Å². The smallest absolute Gasteiger partial charge is 0.272 e. The van der Waals surface area contributed by atoms with Crippen molar-refractivity contribution in [2.75, 3.05) is 5.75 Å². The van der Waals surface area contributed by atoms with Crippen LogP contribution in [0.4, 0.5) is 0 Å². The van der Waals surface area contributed by atoms with Crippen LogP contribution in [0.25, 0.3) is 0 Å². The monoisotopic (exact) mass is 411 g/mol. The lowest BCUT2D eigenvalue weighted by Gasteiger charge is -2.04. The number of benzene rings is 1. The largest absolute Gasteiger partial charge is 0.346 e.